The highest BCUT2D eigenvalue weighted by Crippen LogP contribution is 2.20. The van der Waals surface area contributed by atoms with Gasteiger partial charge < -0.3 is 5.32 Å². The predicted molar refractivity (Wildman–Crippen MR) is 73.4 cm³/mol. The van der Waals surface area contributed by atoms with Crippen LogP contribution in [-0.4, -0.2) is 31.7 Å². The molecule has 0 aromatic carbocycles. The molecule has 1 aromatic rings. The Morgan fingerprint density at radius 3 is 2.33 bits per heavy atom. The van der Waals surface area contributed by atoms with Crippen LogP contribution in [0.1, 0.15) is 37.5 Å². The molecule has 6 heteroatoms. The highest BCUT2D eigenvalue weighted by Gasteiger charge is 2.21. The van der Waals surface area contributed by atoms with Crippen LogP contribution in [0.15, 0.2) is 6.07 Å². The van der Waals surface area contributed by atoms with Gasteiger partial charge in [0, 0.05) is 25.1 Å². The number of hydrogen-bond acceptors (Lipinski definition) is 5. The molecule has 5 nitrogen and oxygen atoms in total. The Morgan fingerprint density at radius 1 is 1.28 bits per heavy atom. The fraction of sp³-hybridized carbons (Fsp3) is 0.667. The molecular formula is C12H21N3O2S. The minimum atomic E-state index is -3.18. The maximum absolute atomic E-state index is 11.6. The summed E-state index contributed by atoms with van der Waals surface area (Å²) < 4.78 is 23.1. The lowest BCUT2D eigenvalue weighted by Crippen LogP contribution is -2.14. The molecule has 0 radical (unpaired) electrons. The van der Waals surface area contributed by atoms with E-state index in [2.05, 4.69) is 29.1 Å². The second kappa shape index (κ2) is 5.65. The van der Waals surface area contributed by atoms with E-state index in [1.54, 1.807) is 14.0 Å². The molecule has 1 atom stereocenters. The molecule has 1 aromatic heterocycles. The van der Waals surface area contributed by atoms with Crippen LogP contribution in [0.2, 0.25) is 0 Å². The summed E-state index contributed by atoms with van der Waals surface area (Å²) in [5, 5.41) is 2.26. The van der Waals surface area contributed by atoms with E-state index < -0.39 is 15.1 Å². The smallest absolute Gasteiger partial charge is 0.157 e. The van der Waals surface area contributed by atoms with Crippen LogP contribution in [0.3, 0.4) is 0 Å². The fourth-order valence-electron chi connectivity index (χ4n) is 1.54. The summed E-state index contributed by atoms with van der Waals surface area (Å²) in [7, 11) is -1.42. The molecule has 0 spiro atoms. The average Bonchev–Trinajstić information content (AvgIpc) is 2.25. The number of sulfone groups is 1. The Balaban J connectivity index is 3.19. The SMILES string of the molecule is CNc1cc(CC(C)C)nc(C(C)S(C)(=O)=O)n1. The number of nitrogens with one attached hydrogen (secondary N) is 1. The molecule has 0 aliphatic carbocycles. The van der Waals surface area contributed by atoms with Gasteiger partial charge in [0.25, 0.3) is 0 Å². The zero-order valence-electron chi connectivity index (χ0n) is 11.6. The van der Waals surface area contributed by atoms with Gasteiger partial charge in [0.05, 0.1) is 0 Å². The Bertz CT molecular complexity index is 512. The standard InChI is InChI=1S/C12H21N3O2S/c1-8(2)6-10-7-11(13-4)15-12(14-10)9(3)18(5,16)17/h7-9H,6H2,1-5H3,(H,13,14,15). The Kier molecular flexibility index (Phi) is 4.67. The summed E-state index contributed by atoms with van der Waals surface area (Å²) in [4.78, 5) is 8.58. The van der Waals surface area contributed by atoms with Crippen molar-refractivity contribution in [2.75, 3.05) is 18.6 Å². The quantitative estimate of drug-likeness (QED) is 0.884. The van der Waals surface area contributed by atoms with Gasteiger partial charge in [-0.15, -0.1) is 0 Å². The predicted octanol–water partition coefficient (Wildman–Crippen LogP) is 1.82. The zero-order chi connectivity index (χ0) is 13.9. The first-order chi connectivity index (χ1) is 8.24. The van der Waals surface area contributed by atoms with Crippen molar-refractivity contribution in [1.29, 1.82) is 0 Å². The number of anilines is 1. The second-order valence-corrected chi connectivity index (χ2v) is 7.29. The van der Waals surface area contributed by atoms with Gasteiger partial charge in [0.1, 0.15) is 16.9 Å². The monoisotopic (exact) mass is 271 g/mol. The highest BCUT2D eigenvalue weighted by molar-refractivity contribution is 7.90. The Hall–Kier alpha value is -1.17. The molecule has 1 heterocycles. The van der Waals surface area contributed by atoms with Crippen LogP contribution in [0, 0.1) is 5.92 Å². The molecule has 0 amide bonds. The van der Waals surface area contributed by atoms with Crippen molar-refractivity contribution < 1.29 is 8.42 Å². The van der Waals surface area contributed by atoms with Crippen molar-refractivity contribution in [1.82, 2.24) is 9.97 Å². The van der Waals surface area contributed by atoms with Gasteiger partial charge in [-0.05, 0) is 19.3 Å². The van der Waals surface area contributed by atoms with Crippen LogP contribution >= 0.6 is 0 Å². The first-order valence-corrected chi connectivity index (χ1v) is 7.94. The van der Waals surface area contributed by atoms with Crippen molar-refractivity contribution in [2.45, 2.75) is 32.4 Å². The zero-order valence-corrected chi connectivity index (χ0v) is 12.4. The van der Waals surface area contributed by atoms with Crippen molar-refractivity contribution in [3.8, 4) is 0 Å². The molecule has 0 saturated carbocycles. The van der Waals surface area contributed by atoms with Crippen molar-refractivity contribution in [2.24, 2.45) is 5.92 Å². The molecule has 1 unspecified atom stereocenters. The third-order valence-corrected chi connectivity index (χ3v) is 4.17. The van der Waals surface area contributed by atoms with Crippen LogP contribution < -0.4 is 5.32 Å². The molecule has 1 N–H and O–H groups in total. The van der Waals surface area contributed by atoms with E-state index in [0.29, 0.717) is 17.6 Å². The third kappa shape index (κ3) is 3.94. The van der Waals surface area contributed by atoms with Gasteiger partial charge in [-0.2, -0.15) is 0 Å². The van der Waals surface area contributed by atoms with E-state index in [1.807, 2.05) is 6.07 Å². The summed E-state index contributed by atoms with van der Waals surface area (Å²) >= 11 is 0. The number of hydrogen-bond donors (Lipinski definition) is 1. The van der Waals surface area contributed by atoms with Crippen molar-refractivity contribution >= 4 is 15.7 Å². The first kappa shape index (κ1) is 14.9. The van der Waals surface area contributed by atoms with Gasteiger partial charge in [0.15, 0.2) is 9.84 Å². The second-order valence-electron chi connectivity index (χ2n) is 4.92. The summed E-state index contributed by atoms with van der Waals surface area (Å²) in [5.41, 5.74) is 0.870. The number of aromatic nitrogens is 2. The van der Waals surface area contributed by atoms with E-state index in [9.17, 15) is 8.42 Å². The summed E-state index contributed by atoms with van der Waals surface area (Å²) in [6, 6.07) is 1.86. The largest absolute Gasteiger partial charge is 0.373 e. The average molecular weight is 271 g/mol. The third-order valence-electron chi connectivity index (χ3n) is 2.68. The molecule has 0 bridgehead atoms. The lowest BCUT2D eigenvalue weighted by atomic mass is 10.1. The topological polar surface area (TPSA) is 72.0 Å². The maximum Gasteiger partial charge on any atom is 0.157 e. The van der Waals surface area contributed by atoms with Crippen LogP contribution in [0.4, 0.5) is 5.82 Å². The van der Waals surface area contributed by atoms with E-state index in [-0.39, 0.29) is 0 Å². The van der Waals surface area contributed by atoms with E-state index >= 15 is 0 Å². The lowest BCUT2D eigenvalue weighted by molar-refractivity contribution is 0.587. The van der Waals surface area contributed by atoms with E-state index in [4.69, 9.17) is 0 Å². The lowest BCUT2D eigenvalue weighted by Gasteiger charge is -2.12. The molecule has 1 rings (SSSR count). The van der Waals surface area contributed by atoms with E-state index in [0.717, 1.165) is 12.1 Å². The van der Waals surface area contributed by atoms with Crippen molar-refractivity contribution in [3.63, 3.8) is 0 Å². The summed E-state index contributed by atoms with van der Waals surface area (Å²) in [5.74, 6) is 1.48. The number of nitrogens with zero attached hydrogens (tertiary/aromatic N) is 2. The molecule has 0 aliphatic heterocycles. The van der Waals surface area contributed by atoms with Crippen molar-refractivity contribution in [3.05, 3.63) is 17.6 Å². The minimum Gasteiger partial charge on any atom is -0.373 e. The van der Waals surface area contributed by atoms with Crippen LogP contribution in [0.5, 0.6) is 0 Å². The van der Waals surface area contributed by atoms with Gasteiger partial charge in [-0.25, -0.2) is 18.4 Å². The van der Waals surface area contributed by atoms with Gasteiger partial charge in [0.2, 0.25) is 0 Å². The van der Waals surface area contributed by atoms with Gasteiger partial charge in [-0.1, -0.05) is 13.8 Å². The van der Waals surface area contributed by atoms with Gasteiger partial charge in [-0.3, -0.25) is 0 Å². The molecule has 0 saturated heterocycles. The minimum absolute atomic E-state index is 0.361. The summed E-state index contributed by atoms with van der Waals surface area (Å²) in [6.45, 7) is 5.81. The fourth-order valence-corrected chi connectivity index (χ4v) is 2.03. The molecule has 18 heavy (non-hydrogen) atoms. The van der Waals surface area contributed by atoms with Crippen LogP contribution in [0.25, 0.3) is 0 Å². The van der Waals surface area contributed by atoms with Gasteiger partial charge >= 0.3 is 0 Å². The molecular weight excluding hydrogens is 250 g/mol. The maximum atomic E-state index is 11.6. The first-order valence-electron chi connectivity index (χ1n) is 5.98. The Labute approximate surface area is 109 Å². The molecule has 0 fully saturated rings. The molecule has 0 aliphatic rings. The number of rotatable bonds is 5. The van der Waals surface area contributed by atoms with Crippen LogP contribution in [-0.2, 0) is 16.3 Å². The highest BCUT2D eigenvalue weighted by atomic mass is 32.2. The molecule has 102 valence electrons. The van der Waals surface area contributed by atoms with E-state index in [1.165, 1.54) is 6.26 Å². The Morgan fingerprint density at radius 2 is 1.89 bits per heavy atom. The normalized spacial score (nSPS) is 13.7. The summed E-state index contributed by atoms with van der Waals surface area (Å²) in [6.07, 6.45) is 2.01.